The van der Waals surface area contributed by atoms with Crippen LogP contribution < -0.4 is 10.1 Å². The second-order valence-corrected chi connectivity index (χ2v) is 5.12. The highest BCUT2D eigenvalue weighted by Crippen LogP contribution is 2.23. The second-order valence-electron chi connectivity index (χ2n) is 5.12. The van der Waals surface area contributed by atoms with E-state index >= 15 is 0 Å². The largest absolute Gasteiger partial charge is 0.497 e. The average Bonchev–Trinajstić information content (AvgIpc) is 2.41. The first-order chi connectivity index (χ1) is 8.70. The van der Waals surface area contributed by atoms with Crippen molar-refractivity contribution in [2.45, 2.75) is 50.8 Å². The van der Waals surface area contributed by atoms with E-state index in [1.54, 1.807) is 7.11 Å². The van der Waals surface area contributed by atoms with Gasteiger partial charge in [-0.15, -0.1) is 0 Å². The number of benzene rings is 1. The molecule has 0 radical (unpaired) electrons. The van der Waals surface area contributed by atoms with E-state index in [4.69, 9.17) is 4.74 Å². The summed E-state index contributed by atoms with van der Waals surface area (Å²) in [7, 11) is 1.68. The molecule has 3 nitrogen and oxygen atoms in total. The predicted molar refractivity (Wildman–Crippen MR) is 72.8 cm³/mol. The summed E-state index contributed by atoms with van der Waals surface area (Å²) in [4.78, 5) is 0. The average molecular weight is 249 g/mol. The van der Waals surface area contributed by atoms with Crippen LogP contribution in [0, 0.1) is 0 Å². The van der Waals surface area contributed by atoms with Crippen LogP contribution in [0.25, 0.3) is 0 Å². The fourth-order valence-corrected chi connectivity index (χ4v) is 2.63. The van der Waals surface area contributed by atoms with Crippen LogP contribution >= 0.6 is 0 Å². The zero-order valence-corrected chi connectivity index (χ0v) is 11.2. The molecule has 0 spiro atoms. The van der Waals surface area contributed by atoms with E-state index in [1.165, 1.54) is 12.0 Å². The number of methoxy groups -OCH3 is 1. The first kappa shape index (κ1) is 13.4. The third kappa shape index (κ3) is 3.24. The molecule has 0 saturated heterocycles. The number of hydrogen-bond donors (Lipinski definition) is 2. The van der Waals surface area contributed by atoms with Crippen LogP contribution in [0.2, 0.25) is 0 Å². The van der Waals surface area contributed by atoms with Gasteiger partial charge in [0.15, 0.2) is 0 Å². The highest BCUT2D eigenvalue weighted by Gasteiger charge is 2.24. The SMILES string of the molecule is COc1cccc(C(C)NC2CCCCC2O)c1. The van der Waals surface area contributed by atoms with Crippen LogP contribution in [0.3, 0.4) is 0 Å². The summed E-state index contributed by atoms with van der Waals surface area (Å²) >= 11 is 0. The molecule has 0 aromatic heterocycles. The summed E-state index contributed by atoms with van der Waals surface area (Å²) in [5.41, 5.74) is 1.20. The van der Waals surface area contributed by atoms with E-state index in [0.29, 0.717) is 0 Å². The van der Waals surface area contributed by atoms with Gasteiger partial charge in [0.25, 0.3) is 0 Å². The van der Waals surface area contributed by atoms with Gasteiger partial charge in [0.05, 0.1) is 13.2 Å². The number of aliphatic hydroxyl groups is 1. The van der Waals surface area contributed by atoms with Gasteiger partial charge in [-0.05, 0) is 37.5 Å². The maximum atomic E-state index is 9.98. The molecule has 1 aliphatic rings. The maximum Gasteiger partial charge on any atom is 0.119 e. The molecule has 0 heterocycles. The van der Waals surface area contributed by atoms with Gasteiger partial charge in [-0.1, -0.05) is 25.0 Å². The lowest BCUT2D eigenvalue weighted by molar-refractivity contribution is 0.0859. The number of ether oxygens (including phenoxy) is 1. The number of nitrogens with one attached hydrogen (secondary N) is 1. The van der Waals surface area contributed by atoms with E-state index in [-0.39, 0.29) is 18.2 Å². The molecular formula is C15H23NO2. The Balaban J connectivity index is 1.99. The van der Waals surface area contributed by atoms with Crippen molar-refractivity contribution in [2.75, 3.05) is 7.11 Å². The molecule has 1 saturated carbocycles. The topological polar surface area (TPSA) is 41.5 Å². The maximum absolute atomic E-state index is 9.98. The van der Waals surface area contributed by atoms with Crippen molar-refractivity contribution in [1.29, 1.82) is 0 Å². The molecule has 3 heteroatoms. The lowest BCUT2D eigenvalue weighted by Crippen LogP contribution is -2.43. The Morgan fingerprint density at radius 3 is 2.83 bits per heavy atom. The molecule has 3 unspecified atom stereocenters. The van der Waals surface area contributed by atoms with Crippen LogP contribution in [0.5, 0.6) is 5.75 Å². The zero-order chi connectivity index (χ0) is 13.0. The third-order valence-electron chi connectivity index (χ3n) is 3.79. The Kier molecular flexibility index (Phi) is 4.61. The predicted octanol–water partition coefficient (Wildman–Crippen LogP) is 2.65. The Hall–Kier alpha value is -1.06. The van der Waals surface area contributed by atoms with Crippen LogP contribution in [0.4, 0.5) is 0 Å². The first-order valence-corrected chi connectivity index (χ1v) is 6.79. The molecular weight excluding hydrogens is 226 g/mol. The fraction of sp³-hybridized carbons (Fsp3) is 0.600. The Labute approximate surface area is 109 Å². The zero-order valence-electron chi connectivity index (χ0n) is 11.2. The molecule has 2 rings (SSSR count). The number of aliphatic hydroxyl groups excluding tert-OH is 1. The normalized spacial score (nSPS) is 25.7. The van der Waals surface area contributed by atoms with Crippen molar-refractivity contribution in [3.05, 3.63) is 29.8 Å². The van der Waals surface area contributed by atoms with Crippen LogP contribution in [0.1, 0.15) is 44.2 Å². The molecule has 1 aromatic carbocycles. The van der Waals surface area contributed by atoms with Gasteiger partial charge in [-0.2, -0.15) is 0 Å². The fourth-order valence-electron chi connectivity index (χ4n) is 2.63. The summed E-state index contributed by atoms with van der Waals surface area (Å²) in [5, 5.41) is 13.5. The Bertz CT molecular complexity index is 381. The molecule has 3 atom stereocenters. The summed E-state index contributed by atoms with van der Waals surface area (Å²) in [6, 6.07) is 8.55. The summed E-state index contributed by atoms with van der Waals surface area (Å²) in [6.07, 6.45) is 4.14. The van der Waals surface area contributed by atoms with Gasteiger partial charge in [-0.3, -0.25) is 0 Å². The minimum atomic E-state index is -0.202. The molecule has 0 amide bonds. The van der Waals surface area contributed by atoms with E-state index in [2.05, 4.69) is 18.3 Å². The van der Waals surface area contributed by atoms with Gasteiger partial charge in [0, 0.05) is 12.1 Å². The number of hydrogen-bond acceptors (Lipinski definition) is 3. The van der Waals surface area contributed by atoms with Gasteiger partial charge in [0.2, 0.25) is 0 Å². The van der Waals surface area contributed by atoms with E-state index < -0.39 is 0 Å². The van der Waals surface area contributed by atoms with Gasteiger partial charge >= 0.3 is 0 Å². The highest BCUT2D eigenvalue weighted by atomic mass is 16.5. The molecule has 100 valence electrons. The second kappa shape index (κ2) is 6.21. The smallest absolute Gasteiger partial charge is 0.119 e. The first-order valence-electron chi connectivity index (χ1n) is 6.79. The Morgan fingerprint density at radius 1 is 1.33 bits per heavy atom. The third-order valence-corrected chi connectivity index (χ3v) is 3.79. The van der Waals surface area contributed by atoms with Crippen molar-refractivity contribution in [2.24, 2.45) is 0 Å². The van der Waals surface area contributed by atoms with Crippen LogP contribution in [0.15, 0.2) is 24.3 Å². The van der Waals surface area contributed by atoms with E-state index in [1.807, 2.05) is 18.2 Å². The van der Waals surface area contributed by atoms with Gasteiger partial charge < -0.3 is 15.2 Å². The van der Waals surface area contributed by atoms with Crippen molar-refractivity contribution in [1.82, 2.24) is 5.32 Å². The minimum absolute atomic E-state index is 0.202. The highest BCUT2D eigenvalue weighted by molar-refractivity contribution is 5.30. The minimum Gasteiger partial charge on any atom is -0.497 e. The van der Waals surface area contributed by atoms with Crippen LogP contribution in [-0.2, 0) is 0 Å². The summed E-state index contributed by atoms with van der Waals surface area (Å²) in [6.45, 7) is 2.14. The van der Waals surface area contributed by atoms with Crippen molar-refractivity contribution < 1.29 is 9.84 Å². The van der Waals surface area contributed by atoms with Crippen molar-refractivity contribution in [3.8, 4) is 5.75 Å². The van der Waals surface area contributed by atoms with Crippen molar-refractivity contribution >= 4 is 0 Å². The molecule has 2 N–H and O–H groups in total. The van der Waals surface area contributed by atoms with E-state index in [0.717, 1.165) is 25.0 Å². The molecule has 1 aromatic rings. The lowest BCUT2D eigenvalue weighted by atomic mass is 9.91. The van der Waals surface area contributed by atoms with Gasteiger partial charge in [-0.25, -0.2) is 0 Å². The molecule has 0 aliphatic heterocycles. The van der Waals surface area contributed by atoms with Crippen molar-refractivity contribution in [3.63, 3.8) is 0 Å². The summed E-state index contributed by atoms with van der Waals surface area (Å²) in [5.74, 6) is 0.880. The molecule has 1 aliphatic carbocycles. The number of rotatable bonds is 4. The summed E-state index contributed by atoms with van der Waals surface area (Å²) < 4.78 is 5.24. The van der Waals surface area contributed by atoms with Gasteiger partial charge in [0.1, 0.15) is 5.75 Å². The van der Waals surface area contributed by atoms with E-state index in [9.17, 15) is 5.11 Å². The molecule has 0 bridgehead atoms. The Morgan fingerprint density at radius 2 is 2.11 bits per heavy atom. The molecule has 18 heavy (non-hydrogen) atoms. The van der Waals surface area contributed by atoms with Crippen LogP contribution in [-0.4, -0.2) is 24.4 Å². The lowest BCUT2D eigenvalue weighted by Gasteiger charge is -2.31. The quantitative estimate of drug-likeness (QED) is 0.862. The molecule has 1 fully saturated rings. The monoisotopic (exact) mass is 249 g/mol. The standard InChI is InChI=1S/C15H23NO2/c1-11(12-6-5-7-13(10-12)18-2)16-14-8-3-4-9-15(14)17/h5-7,10-11,14-17H,3-4,8-9H2,1-2H3.